The SMILES string of the molecule is CCOCCOCCOCCOCCC(=O)N(CCN)CCN. The van der Waals surface area contributed by atoms with E-state index in [9.17, 15) is 4.79 Å². The third-order valence-electron chi connectivity index (χ3n) is 2.93. The van der Waals surface area contributed by atoms with Crippen LogP contribution in [0.4, 0.5) is 0 Å². The van der Waals surface area contributed by atoms with E-state index in [1.807, 2.05) is 6.92 Å². The van der Waals surface area contributed by atoms with Crippen LogP contribution in [0.1, 0.15) is 13.3 Å². The normalized spacial score (nSPS) is 10.9. The zero-order valence-electron chi connectivity index (χ0n) is 14.3. The van der Waals surface area contributed by atoms with E-state index in [0.717, 1.165) is 0 Å². The van der Waals surface area contributed by atoms with E-state index in [4.69, 9.17) is 30.4 Å². The summed E-state index contributed by atoms with van der Waals surface area (Å²) in [6.45, 7) is 8.16. The van der Waals surface area contributed by atoms with Gasteiger partial charge in [0.05, 0.1) is 52.7 Å². The van der Waals surface area contributed by atoms with Gasteiger partial charge in [0.15, 0.2) is 0 Å². The molecule has 0 aromatic carbocycles. The van der Waals surface area contributed by atoms with E-state index in [1.165, 1.54) is 0 Å². The predicted molar refractivity (Wildman–Crippen MR) is 88.3 cm³/mol. The molecule has 0 bridgehead atoms. The molecule has 4 N–H and O–H groups in total. The van der Waals surface area contributed by atoms with Crippen molar-refractivity contribution in [2.45, 2.75) is 13.3 Å². The van der Waals surface area contributed by atoms with Crippen molar-refractivity contribution in [1.29, 1.82) is 0 Å². The molecule has 0 aromatic heterocycles. The molecule has 0 saturated carbocycles. The summed E-state index contributed by atoms with van der Waals surface area (Å²) in [6, 6.07) is 0. The summed E-state index contributed by atoms with van der Waals surface area (Å²) in [5.41, 5.74) is 10.9. The van der Waals surface area contributed by atoms with Crippen LogP contribution in [-0.4, -0.2) is 89.8 Å². The zero-order chi connectivity index (χ0) is 17.2. The van der Waals surface area contributed by atoms with Crippen molar-refractivity contribution in [3.05, 3.63) is 0 Å². The van der Waals surface area contributed by atoms with Crippen LogP contribution in [0.2, 0.25) is 0 Å². The van der Waals surface area contributed by atoms with E-state index in [-0.39, 0.29) is 5.91 Å². The molecule has 0 spiro atoms. The molecule has 138 valence electrons. The first-order valence-electron chi connectivity index (χ1n) is 8.25. The molecule has 1 amide bonds. The van der Waals surface area contributed by atoms with Gasteiger partial charge in [-0.15, -0.1) is 0 Å². The second-order valence-electron chi connectivity index (χ2n) is 4.74. The predicted octanol–water partition coefficient (Wildman–Crippen LogP) is -0.791. The second kappa shape index (κ2) is 17.6. The van der Waals surface area contributed by atoms with Crippen LogP contribution in [0.25, 0.3) is 0 Å². The Balaban J connectivity index is 3.36. The van der Waals surface area contributed by atoms with Gasteiger partial charge in [-0.2, -0.15) is 0 Å². The molecule has 0 rings (SSSR count). The highest BCUT2D eigenvalue weighted by Crippen LogP contribution is 1.94. The summed E-state index contributed by atoms with van der Waals surface area (Å²) in [6.07, 6.45) is 0.334. The van der Waals surface area contributed by atoms with Crippen molar-refractivity contribution in [2.24, 2.45) is 11.5 Å². The van der Waals surface area contributed by atoms with Crippen LogP contribution < -0.4 is 11.5 Å². The average molecular weight is 335 g/mol. The molecular formula is C15H33N3O5. The Morgan fingerprint density at radius 1 is 0.783 bits per heavy atom. The minimum absolute atomic E-state index is 0.0181. The number of hydrogen-bond donors (Lipinski definition) is 2. The molecule has 0 aliphatic rings. The highest BCUT2D eigenvalue weighted by molar-refractivity contribution is 5.76. The molecule has 0 saturated heterocycles. The van der Waals surface area contributed by atoms with Crippen molar-refractivity contribution in [3.63, 3.8) is 0 Å². The molecule has 0 atom stereocenters. The Bertz CT molecular complexity index is 263. The molecule has 0 heterocycles. The number of rotatable bonds is 17. The van der Waals surface area contributed by atoms with Gasteiger partial charge in [0.2, 0.25) is 5.91 Å². The topological polar surface area (TPSA) is 109 Å². The lowest BCUT2D eigenvalue weighted by Gasteiger charge is -2.21. The Morgan fingerprint density at radius 3 is 1.65 bits per heavy atom. The van der Waals surface area contributed by atoms with Gasteiger partial charge in [0.1, 0.15) is 0 Å². The van der Waals surface area contributed by atoms with Crippen LogP contribution >= 0.6 is 0 Å². The fraction of sp³-hybridized carbons (Fsp3) is 0.933. The van der Waals surface area contributed by atoms with Gasteiger partial charge >= 0.3 is 0 Å². The molecule has 0 unspecified atom stereocenters. The van der Waals surface area contributed by atoms with Gasteiger partial charge in [-0.05, 0) is 6.92 Å². The van der Waals surface area contributed by atoms with Crippen molar-refractivity contribution in [1.82, 2.24) is 4.90 Å². The number of ether oxygens (including phenoxy) is 4. The first-order valence-corrected chi connectivity index (χ1v) is 8.25. The number of hydrogen-bond acceptors (Lipinski definition) is 7. The Hall–Kier alpha value is -0.770. The molecule has 8 heteroatoms. The Labute approximate surface area is 139 Å². The zero-order valence-corrected chi connectivity index (χ0v) is 14.3. The van der Waals surface area contributed by atoms with Gasteiger partial charge in [-0.25, -0.2) is 0 Å². The van der Waals surface area contributed by atoms with Crippen molar-refractivity contribution < 1.29 is 23.7 Å². The summed E-state index contributed by atoms with van der Waals surface area (Å²) in [7, 11) is 0. The number of nitrogens with two attached hydrogens (primary N) is 2. The van der Waals surface area contributed by atoms with Crippen molar-refractivity contribution in [3.8, 4) is 0 Å². The number of carbonyl (C=O) groups excluding carboxylic acids is 1. The largest absolute Gasteiger partial charge is 0.379 e. The second-order valence-corrected chi connectivity index (χ2v) is 4.74. The van der Waals surface area contributed by atoms with Crippen LogP contribution in [0.15, 0.2) is 0 Å². The fourth-order valence-electron chi connectivity index (χ4n) is 1.79. The van der Waals surface area contributed by atoms with Crippen LogP contribution in [0.5, 0.6) is 0 Å². The van der Waals surface area contributed by atoms with E-state index in [2.05, 4.69) is 0 Å². The number of carbonyl (C=O) groups is 1. The maximum atomic E-state index is 11.9. The summed E-state index contributed by atoms with van der Waals surface area (Å²) in [4.78, 5) is 13.5. The van der Waals surface area contributed by atoms with Crippen LogP contribution in [0, 0.1) is 0 Å². The van der Waals surface area contributed by atoms with Gasteiger partial charge in [-0.3, -0.25) is 4.79 Å². The Kier molecular flexibility index (Phi) is 17.0. The molecule has 23 heavy (non-hydrogen) atoms. The summed E-state index contributed by atoms with van der Waals surface area (Å²) in [5, 5.41) is 0. The van der Waals surface area contributed by atoms with Crippen molar-refractivity contribution >= 4 is 5.91 Å². The summed E-state index contributed by atoms with van der Waals surface area (Å²) >= 11 is 0. The van der Waals surface area contributed by atoms with E-state index in [0.29, 0.717) is 85.5 Å². The monoisotopic (exact) mass is 335 g/mol. The van der Waals surface area contributed by atoms with Gasteiger partial charge in [-0.1, -0.05) is 0 Å². The maximum Gasteiger partial charge on any atom is 0.224 e. The Morgan fingerprint density at radius 2 is 1.22 bits per heavy atom. The molecule has 0 radical (unpaired) electrons. The molecule has 8 nitrogen and oxygen atoms in total. The summed E-state index contributed by atoms with van der Waals surface area (Å²) < 4.78 is 21.2. The van der Waals surface area contributed by atoms with E-state index >= 15 is 0 Å². The van der Waals surface area contributed by atoms with E-state index < -0.39 is 0 Å². The quantitative estimate of drug-likeness (QED) is 0.335. The van der Waals surface area contributed by atoms with Gasteiger partial charge in [0, 0.05) is 32.8 Å². The number of nitrogens with zero attached hydrogens (tertiary/aromatic N) is 1. The average Bonchev–Trinajstić information content (AvgIpc) is 2.55. The van der Waals surface area contributed by atoms with Gasteiger partial charge in [0.25, 0.3) is 0 Å². The van der Waals surface area contributed by atoms with Crippen LogP contribution in [-0.2, 0) is 23.7 Å². The first kappa shape index (κ1) is 22.2. The highest BCUT2D eigenvalue weighted by Gasteiger charge is 2.11. The smallest absolute Gasteiger partial charge is 0.224 e. The van der Waals surface area contributed by atoms with E-state index in [1.54, 1.807) is 4.90 Å². The summed E-state index contributed by atoms with van der Waals surface area (Å²) in [5.74, 6) is 0.0181. The first-order chi connectivity index (χ1) is 11.3. The minimum Gasteiger partial charge on any atom is -0.379 e. The molecule has 0 aliphatic heterocycles. The third kappa shape index (κ3) is 14.5. The lowest BCUT2D eigenvalue weighted by atomic mass is 10.3. The molecule has 0 aromatic rings. The standard InChI is InChI=1S/C15H33N3O5/c1-2-20-9-10-22-13-14-23-12-11-21-8-3-15(19)18(6-4-16)7-5-17/h2-14,16-17H2,1H3. The molecule has 0 aliphatic carbocycles. The highest BCUT2D eigenvalue weighted by atomic mass is 16.6. The third-order valence-corrected chi connectivity index (χ3v) is 2.93. The van der Waals surface area contributed by atoms with Gasteiger partial charge < -0.3 is 35.3 Å². The number of amides is 1. The van der Waals surface area contributed by atoms with Crippen LogP contribution in [0.3, 0.4) is 0 Å². The minimum atomic E-state index is 0.0181. The lowest BCUT2D eigenvalue weighted by Crippen LogP contribution is -2.39. The fourth-order valence-corrected chi connectivity index (χ4v) is 1.79. The molecule has 0 fully saturated rings. The lowest BCUT2D eigenvalue weighted by molar-refractivity contribution is -0.132. The molecular weight excluding hydrogens is 302 g/mol. The maximum absolute atomic E-state index is 11.9. The van der Waals surface area contributed by atoms with Crippen molar-refractivity contribution in [2.75, 3.05) is 79.0 Å².